The molecule has 144 valence electrons. The van der Waals surface area contributed by atoms with Crippen molar-refractivity contribution >= 4 is 39.9 Å². The van der Waals surface area contributed by atoms with Gasteiger partial charge in [0, 0.05) is 11.6 Å². The summed E-state index contributed by atoms with van der Waals surface area (Å²) in [6, 6.07) is 20.1. The van der Waals surface area contributed by atoms with Crippen molar-refractivity contribution in [3.8, 4) is 5.75 Å². The van der Waals surface area contributed by atoms with Crippen LogP contribution in [0, 0.1) is 0 Å². The van der Waals surface area contributed by atoms with E-state index in [-0.39, 0.29) is 22.2 Å². The molecule has 0 bridgehead atoms. The number of ketones is 1. The second-order valence-corrected chi connectivity index (χ2v) is 6.72. The number of hydrogen-bond acceptors (Lipinski definition) is 5. The third-order valence-electron chi connectivity index (χ3n) is 4.27. The van der Waals surface area contributed by atoms with Crippen LogP contribution in [0.15, 0.2) is 77.3 Å². The molecule has 0 aliphatic heterocycles. The van der Waals surface area contributed by atoms with Crippen molar-refractivity contribution in [3.63, 3.8) is 0 Å². The Kier molecular flexibility index (Phi) is 5.22. The molecule has 6 nitrogen and oxygen atoms in total. The lowest BCUT2D eigenvalue weighted by Gasteiger charge is -2.15. The minimum Gasteiger partial charge on any atom is -0.488 e. The number of nitrogens with two attached hydrogens (primary N) is 1. The fraction of sp³-hybridized carbons (Fsp3) is 0.0455. The maximum atomic E-state index is 13.3. The van der Waals surface area contributed by atoms with Gasteiger partial charge >= 0.3 is 0 Å². The predicted octanol–water partition coefficient (Wildman–Crippen LogP) is 4.29. The summed E-state index contributed by atoms with van der Waals surface area (Å²) in [5.41, 5.74) is 7.75. The number of furan rings is 1. The average molecular weight is 403 g/mol. The van der Waals surface area contributed by atoms with E-state index in [2.05, 4.69) is 10.3 Å². The first-order chi connectivity index (χ1) is 14.1. The molecule has 0 atom stereocenters. The molecular weight excluding hydrogens is 386 g/mol. The summed E-state index contributed by atoms with van der Waals surface area (Å²) < 4.78 is 11.6. The van der Waals surface area contributed by atoms with Crippen LogP contribution >= 0.6 is 12.2 Å². The Morgan fingerprint density at radius 2 is 1.93 bits per heavy atom. The molecule has 2 aromatic heterocycles. The molecule has 4 aromatic rings. The number of aromatic nitrogens is 1. The van der Waals surface area contributed by atoms with E-state index in [1.54, 1.807) is 36.5 Å². The number of hydrogen-bond donors (Lipinski definition) is 2. The van der Waals surface area contributed by atoms with Gasteiger partial charge in [0.25, 0.3) is 0 Å². The Balaban J connectivity index is 1.73. The Bertz CT molecular complexity index is 1160. The van der Waals surface area contributed by atoms with E-state index in [1.165, 1.54) is 0 Å². The standard InChI is InChI=1S/C22H17N3O3S/c23-22(29)25-16-9-4-10-17(27-13-14-6-2-1-3-7-14)19(16)20(26)18-12-15-8-5-11-24-21(15)28-18/h1-12H,13H2,(H3,23,25,29). The van der Waals surface area contributed by atoms with Crippen LogP contribution < -0.4 is 15.8 Å². The van der Waals surface area contributed by atoms with Crippen molar-refractivity contribution < 1.29 is 13.9 Å². The second-order valence-electron chi connectivity index (χ2n) is 6.28. The number of anilines is 1. The van der Waals surface area contributed by atoms with Crippen molar-refractivity contribution in [2.45, 2.75) is 6.61 Å². The number of fused-ring (bicyclic) bond motifs is 1. The van der Waals surface area contributed by atoms with Crippen LogP contribution in [-0.4, -0.2) is 15.9 Å². The fourth-order valence-electron chi connectivity index (χ4n) is 2.97. The van der Waals surface area contributed by atoms with Crippen molar-refractivity contribution in [3.05, 3.63) is 89.8 Å². The fourth-order valence-corrected chi connectivity index (χ4v) is 3.08. The molecule has 7 heteroatoms. The number of nitrogens with one attached hydrogen (secondary N) is 1. The van der Waals surface area contributed by atoms with Crippen LogP contribution in [-0.2, 0) is 6.61 Å². The van der Waals surface area contributed by atoms with Gasteiger partial charge in [-0.1, -0.05) is 36.4 Å². The SMILES string of the molecule is NC(=S)Nc1cccc(OCc2ccccc2)c1C(=O)c1cc2cccnc2o1. The lowest BCUT2D eigenvalue weighted by Crippen LogP contribution is -2.21. The lowest BCUT2D eigenvalue weighted by molar-refractivity contribution is 0.101. The molecule has 0 fully saturated rings. The van der Waals surface area contributed by atoms with Crippen LogP contribution in [0.3, 0.4) is 0 Å². The quantitative estimate of drug-likeness (QED) is 0.366. The van der Waals surface area contributed by atoms with E-state index in [1.807, 2.05) is 36.4 Å². The van der Waals surface area contributed by atoms with Gasteiger partial charge in [0.05, 0.1) is 11.3 Å². The Morgan fingerprint density at radius 3 is 2.69 bits per heavy atom. The van der Waals surface area contributed by atoms with Crippen LogP contribution in [0.25, 0.3) is 11.1 Å². The van der Waals surface area contributed by atoms with Crippen molar-refractivity contribution in [2.75, 3.05) is 5.32 Å². The third kappa shape index (κ3) is 4.09. The lowest BCUT2D eigenvalue weighted by atomic mass is 10.0. The van der Waals surface area contributed by atoms with Crippen molar-refractivity contribution in [1.29, 1.82) is 0 Å². The van der Waals surface area contributed by atoms with Gasteiger partial charge < -0.3 is 20.2 Å². The van der Waals surface area contributed by atoms with Gasteiger partial charge in [0.1, 0.15) is 12.4 Å². The second kappa shape index (κ2) is 8.12. The Hall–Kier alpha value is -3.71. The average Bonchev–Trinajstić information content (AvgIpc) is 3.16. The van der Waals surface area contributed by atoms with Crippen LogP contribution in [0.2, 0.25) is 0 Å². The Morgan fingerprint density at radius 1 is 1.10 bits per heavy atom. The number of ether oxygens (including phenoxy) is 1. The van der Waals surface area contributed by atoms with Gasteiger partial charge in [0.2, 0.25) is 11.5 Å². The van der Waals surface area contributed by atoms with Gasteiger partial charge in [0.15, 0.2) is 10.9 Å². The molecule has 0 amide bonds. The van der Waals surface area contributed by atoms with Gasteiger partial charge in [-0.3, -0.25) is 4.79 Å². The molecule has 4 rings (SSSR count). The number of carbonyl (C=O) groups is 1. The normalized spacial score (nSPS) is 10.6. The first kappa shape index (κ1) is 18.6. The minimum atomic E-state index is -0.356. The summed E-state index contributed by atoms with van der Waals surface area (Å²) in [5, 5.41) is 3.63. The summed E-state index contributed by atoms with van der Waals surface area (Å²) in [5.74, 6) is 0.194. The number of rotatable bonds is 6. The largest absolute Gasteiger partial charge is 0.488 e. The number of benzene rings is 2. The first-order valence-electron chi connectivity index (χ1n) is 8.87. The number of carbonyl (C=O) groups excluding carboxylic acids is 1. The molecule has 29 heavy (non-hydrogen) atoms. The number of thiocarbonyl (C=S) groups is 1. The van der Waals surface area contributed by atoms with E-state index in [0.717, 1.165) is 10.9 Å². The summed E-state index contributed by atoms with van der Waals surface area (Å²) in [6.07, 6.45) is 1.61. The summed E-state index contributed by atoms with van der Waals surface area (Å²) in [7, 11) is 0. The zero-order valence-corrected chi connectivity index (χ0v) is 16.1. The molecule has 3 N–H and O–H groups in total. The maximum absolute atomic E-state index is 13.3. The molecule has 0 unspecified atom stereocenters. The first-order valence-corrected chi connectivity index (χ1v) is 9.28. The zero-order valence-electron chi connectivity index (χ0n) is 15.3. The minimum absolute atomic E-state index is 0.0468. The van der Waals surface area contributed by atoms with Gasteiger partial charge in [-0.15, -0.1) is 0 Å². The molecular formula is C22H17N3O3S. The van der Waals surface area contributed by atoms with Crippen molar-refractivity contribution in [1.82, 2.24) is 4.98 Å². The van der Waals surface area contributed by atoms with E-state index < -0.39 is 0 Å². The molecule has 2 aromatic carbocycles. The highest BCUT2D eigenvalue weighted by Crippen LogP contribution is 2.31. The van der Waals surface area contributed by atoms with E-state index in [9.17, 15) is 4.79 Å². The van der Waals surface area contributed by atoms with E-state index in [0.29, 0.717) is 23.8 Å². The van der Waals surface area contributed by atoms with E-state index in [4.69, 9.17) is 27.1 Å². The zero-order chi connectivity index (χ0) is 20.2. The molecule has 0 saturated carbocycles. The maximum Gasteiger partial charge on any atom is 0.234 e. The highest BCUT2D eigenvalue weighted by molar-refractivity contribution is 7.80. The van der Waals surface area contributed by atoms with Crippen LogP contribution in [0.1, 0.15) is 21.7 Å². The Labute approximate surface area is 172 Å². The molecule has 0 spiro atoms. The highest BCUT2D eigenvalue weighted by Gasteiger charge is 2.23. The molecule has 2 heterocycles. The summed E-state index contributed by atoms with van der Waals surface area (Å²) >= 11 is 4.96. The number of nitrogens with zero attached hydrogens (tertiary/aromatic N) is 1. The molecule has 0 aliphatic carbocycles. The third-order valence-corrected chi connectivity index (χ3v) is 4.37. The summed E-state index contributed by atoms with van der Waals surface area (Å²) in [4.78, 5) is 17.5. The smallest absolute Gasteiger partial charge is 0.234 e. The molecule has 0 aliphatic rings. The summed E-state index contributed by atoms with van der Waals surface area (Å²) in [6.45, 7) is 0.305. The van der Waals surface area contributed by atoms with Crippen molar-refractivity contribution in [2.24, 2.45) is 5.73 Å². The predicted molar refractivity (Wildman–Crippen MR) is 115 cm³/mol. The van der Waals surface area contributed by atoms with Crippen LogP contribution in [0.5, 0.6) is 5.75 Å². The highest BCUT2D eigenvalue weighted by atomic mass is 32.1. The monoisotopic (exact) mass is 403 g/mol. The van der Waals surface area contributed by atoms with Crippen LogP contribution in [0.4, 0.5) is 5.69 Å². The number of pyridine rings is 1. The topological polar surface area (TPSA) is 90.4 Å². The van der Waals surface area contributed by atoms with E-state index >= 15 is 0 Å². The van der Waals surface area contributed by atoms with Gasteiger partial charge in [-0.05, 0) is 48.1 Å². The van der Waals surface area contributed by atoms with Gasteiger partial charge in [-0.2, -0.15) is 0 Å². The molecule has 0 radical (unpaired) electrons. The molecule has 0 saturated heterocycles. The van der Waals surface area contributed by atoms with Gasteiger partial charge in [-0.25, -0.2) is 4.98 Å².